The zero-order valence-electron chi connectivity index (χ0n) is 10.4. The normalized spacial score (nSPS) is 16.9. The number of aliphatic hydroxyl groups excluding tert-OH is 1. The Balaban J connectivity index is 1.94. The first-order valence-electron chi connectivity index (χ1n) is 5.83. The number of amides is 1. The van der Waals surface area contributed by atoms with Crippen LogP contribution in [-0.4, -0.2) is 21.0 Å². The van der Waals surface area contributed by atoms with E-state index in [9.17, 15) is 9.90 Å². The maximum absolute atomic E-state index is 11.4. The minimum atomic E-state index is -1.10. The number of hydrogen-bond donors (Lipinski definition) is 2. The number of aryl methyl sites for hydroxylation is 1. The number of aliphatic hydroxyl groups is 1. The summed E-state index contributed by atoms with van der Waals surface area (Å²) in [7, 11) is 0. The molecule has 0 radical (unpaired) electrons. The van der Waals surface area contributed by atoms with Gasteiger partial charge in [-0.15, -0.1) is 0 Å². The summed E-state index contributed by atoms with van der Waals surface area (Å²) in [5, 5.41) is 13.0. The summed E-state index contributed by atoms with van der Waals surface area (Å²) < 4.78 is 0.793. The molecule has 1 aromatic heterocycles. The predicted molar refractivity (Wildman–Crippen MR) is 78.6 cm³/mol. The zero-order valence-corrected chi connectivity index (χ0v) is 12.8. The highest BCUT2D eigenvalue weighted by atomic mass is 79.9. The molecule has 0 saturated carbocycles. The summed E-state index contributed by atoms with van der Waals surface area (Å²) >= 11 is 4.83. The number of rotatable bonds is 2. The van der Waals surface area contributed by atoms with Crippen LogP contribution in [0.3, 0.4) is 0 Å². The topological polar surface area (TPSA) is 75.1 Å². The average molecular weight is 352 g/mol. The van der Waals surface area contributed by atoms with Crippen LogP contribution in [-0.2, 0) is 4.79 Å². The van der Waals surface area contributed by atoms with Gasteiger partial charge in [0.05, 0.1) is 0 Å². The molecule has 1 amide bonds. The van der Waals surface area contributed by atoms with E-state index in [1.165, 1.54) is 11.8 Å². The number of carbonyl (C=O) groups is 1. The van der Waals surface area contributed by atoms with Gasteiger partial charge in [-0.3, -0.25) is 4.79 Å². The fourth-order valence-corrected chi connectivity index (χ4v) is 3.20. The van der Waals surface area contributed by atoms with E-state index in [1.807, 2.05) is 6.92 Å². The van der Waals surface area contributed by atoms with Crippen LogP contribution in [0.1, 0.15) is 17.2 Å². The molecule has 1 unspecified atom stereocenters. The van der Waals surface area contributed by atoms with Crippen molar-refractivity contribution >= 4 is 39.3 Å². The molecule has 0 bridgehead atoms. The number of nitrogens with one attached hydrogen (secondary N) is 1. The van der Waals surface area contributed by atoms with Crippen molar-refractivity contribution in [1.29, 1.82) is 0 Å². The van der Waals surface area contributed by atoms with E-state index in [4.69, 9.17) is 0 Å². The molecular weight excluding hydrogens is 342 g/mol. The second-order valence-electron chi connectivity index (χ2n) is 4.41. The zero-order chi connectivity index (χ0) is 14.3. The molecule has 2 heterocycles. The summed E-state index contributed by atoms with van der Waals surface area (Å²) in [5.74, 6) is -0.402. The summed E-state index contributed by atoms with van der Waals surface area (Å²) in [6.45, 7) is 1.93. The van der Waals surface area contributed by atoms with Crippen LogP contribution in [0.15, 0.2) is 39.1 Å². The summed E-state index contributed by atoms with van der Waals surface area (Å²) in [6.07, 6.45) is 2.40. The van der Waals surface area contributed by atoms with Crippen molar-refractivity contribution in [3.05, 3.63) is 40.1 Å². The largest absolute Gasteiger partial charge is 0.378 e. The summed E-state index contributed by atoms with van der Waals surface area (Å²) in [5.41, 5.74) is 2.20. The number of nitrogens with zero attached hydrogens (tertiary/aromatic N) is 2. The highest BCUT2D eigenvalue weighted by Gasteiger charge is 2.29. The molecule has 0 saturated heterocycles. The monoisotopic (exact) mass is 351 g/mol. The van der Waals surface area contributed by atoms with Gasteiger partial charge in [0.1, 0.15) is 0 Å². The van der Waals surface area contributed by atoms with Gasteiger partial charge in [-0.1, -0.05) is 0 Å². The Labute approximate surface area is 128 Å². The van der Waals surface area contributed by atoms with E-state index < -0.39 is 12.0 Å². The van der Waals surface area contributed by atoms with Gasteiger partial charge in [-0.05, 0) is 52.3 Å². The molecule has 1 aliphatic rings. The van der Waals surface area contributed by atoms with E-state index >= 15 is 0 Å². The lowest BCUT2D eigenvalue weighted by atomic mass is 10.1. The smallest absolute Gasteiger partial charge is 0.257 e. The van der Waals surface area contributed by atoms with Crippen molar-refractivity contribution in [2.24, 2.45) is 0 Å². The maximum Gasteiger partial charge on any atom is 0.257 e. The number of halogens is 1. The lowest BCUT2D eigenvalue weighted by Crippen LogP contribution is -2.10. The first-order valence-corrected chi connectivity index (χ1v) is 7.44. The van der Waals surface area contributed by atoms with Crippen molar-refractivity contribution in [2.75, 3.05) is 5.32 Å². The fraction of sp³-hybridized carbons (Fsp3) is 0.154. The molecule has 0 spiro atoms. The minimum absolute atomic E-state index is 0.402. The molecule has 1 aliphatic heterocycles. The highest BCUT2D eigenvalue weighted by Crippen LogP contribution is 2.40. The van der Waals surface area contributed by atoms with E-state index in [2.05, 4.69) is 31.2 Å². The van der Waals surface area contributed by atoms with Gasteiger partial charge in [0.15, 0.2) is 11.3 Å². The number of anilines is 1. The van der Waals surface area contributed by atoms with Crippen LogP contribution in [0.4, 0.5) is 5.69 Å². The second kappa shape index (κ2) is 5.16. The number of aromatic nitrogens is 2. The third-order valence-corrected chi connectivity index (χ3v) is 4.73. The molecule has 2 N–H and O–H groups in total. The molecule has 1 atom stereocenters. The predicted octanol–water partition coefficient (Wildman–Crippen LogP) is 2.68. The minimum Gasteiger partial charge on any atom is -0.378 e. The van der Waals surface area contributed by atoms with Gasteiger partial charge in [0.2, 0.25) is 0 Å². The Morgan fingerprint density at radius 3 is 2.75 bits per heavy atom. The Bertz CT molecular complexity index is 691. The van der Waals surface area contributed by atoms with Gasteiger partial charge in [0.25, 0.3) is 5.91 Å². The lowest BCUT2D eigenvalue weighted by molar-refractivity contribution is -0.123. The highest BCUT2D eigenvalue weighted by molar-refractivity contribution is 9.10. The fourth-order valence-electron chi connectivity index (χ4n) is 1.86. The first-order chi connectivity index (χ1) is 9.54. The quantitative estimate of drug-likeness (QED) is 0.813. The van der Waals surface area contributed by atoms with Crippen LogP contribution in [0, 0.1) is 6.92 Å². The lowest BCUT2D eigenvalue weighted by Gasteiger charge is -2.07. The van der Waals surface area contributed by atoms with Crippen LogP contribution in [0.25, 0.3) is 0 Å². The Hall–Kier alpha value is -1.44. The third-order valence-electron chi connectivity index (χ3n) is 2.86. The van der Waals surface area contributed by atoms with Gasteiger partial charge in [-0.2, -0.15) is 0 Å². The standard InChI is InChI=1S/C13H10BrN3O2S/c1-6-4-15-13(16-5-6)20-10-3-9-7(2-8(10)14)11(18)12(19)17-9/h2-5,11,18H,1H3,(H,17,19). The van der Waals surface area contributed by atoms with Crippen LogP contribution in [0.2, 0.25) is 0 Å². The van der Waals surface area contributed by atoms with Gasteiger partial charge < -0.3 is 10.4 Å². The van der Waals surface area contributed by atoms with Crippen molar-refractivity contribution in [3.8, 4) is 0 Å². The molecule has 20 heavy (non-hydrogen) atoms. The van der Waals surface area contributed by atoms with E-state index in [0.717, 1.165) is 14.9 Å². The molecular formula is C13H10BrN3O2S. The van der Waals surface area contributed by atoms with Crippen LogP contribution in [0.5, 0.6) is 0 Å². The number of carbonyl (C=O) groups excluding carboxylic acids is 1. The summed E-state index contributed by atoms with van der Waals surface area (Å²) in [4.78, 5) is 20.8. The van der Waals surface area contributed by atoms with Gasteiger partial charge in [-0.25, -0.2) is 9.97 Å². The molecule has 5 nitrogen and oxygen atoms in total. The maximum atomic E-state index is 11.4. The van der Waals surface area contributed by atoms with E-state index in [1.54, 1.807) is 24.5 Å². The van der Waals surface area contributed by atoms with Crippen molar-refractivity contribution < 1.29 is 9.90 Å². The first kappa shape index (κ1) is 13.5. The molecule has 102 valence electrons. The molecule has 3 rings (SSSR count). The summed E-state index contributed by atoms with van der Waals surface area (Å²) in [6, 6.07) is 3.55. The molecule has 0 fully saturated rings. The molecule has 7 heteroatoms. The Morgan fingerprint density at radius 1 is 1.35 bits per heavy atom. The van der Waals surface area contributed by atoms with E-state index in [-0.39, 0.29) is 0 Å². The van der Waals surface area contributed by atoms with E-state index in [0.29, 0.717) is 16.4 Å². The number of benzene rings is 1. The Morgan fingerprint density at radius 2 is 2.05 bits per heavy atom. The van der Waals surface area contributed by atoms with Crippen LogP contribution >= 0.6 is 27.7 Å². The van der Waals surface area contributed by atoms with Crippen molar-refractivity contribution in [1.82, 2.24) is 9.97 Å². The van der Waals surface area contributed by atoms with Crippen LogP contribution < -0.4 is 5.32 Å². The molecule has 2 aromatic rings. The van der Waals surface area contributed by atoms with Gasteiger partial charge >= 0.3 is 0 Å². The third kappa shape index (κ3) is 2.44. The second-order valence-corrected chi connectivity index (χ2v) is 6.27. The van der Waals surface area contributed by atoms with Crippen molar-refractivity contribution in [3.63, 3.8) is 0 Å². The SMILES string of the molecule is Cc1cnc(Sc2cc3c(cc2Br)C(O)C(=O)N3)nc1. The Kier molecular flexibility index (Phi) is 3.49. The number of fused-ring (bicyclic) bond motifs is 1. The average Bonchev–Trinajstić information content (AvgIpc) is 2.69. The van der Waals surface area contributed by atoms with Crippen molar-refractivity contribution in [2.45, 2.75) is 23.1 Å². The number of hydrogen-bond acceptors (Lipinski definition) is 5. The molecule has 0 aliphatic carbocycles. The molecule has 1 aromatic carbocycles. The van der Waals surface area contributed by atoms with Gasteiger partial charge in [0, 0.05) is 33.0 Å².